The van der Waals surface area contributed by atoms with E-state index in [4.69, 9.17) is 0 Å². The van der Waals surface area contributed by atoms with Gasteiger partial charge in [-0.1, -0.05) is 24.3 Å². The lowest BCUT2D eigenvalue weighted by atomic mass is 10.1. The summed E-state index contributed by atoms with van der Waals surface area (Å²) in [4.78, 5) is 19.0. The number of carbonyl (C=O) groups is 1. The van der Waals surface area contributed by atoms with Crippen LogP contribution in [0.5, 0.6) is 0 Å². The number of anilines is 1. The average Bonchev–Trinajstić information content (AvgIpc) is 3.15. The van der Waals surface area contributed by atoms with E-state index in [9.17, 15) is 4.79 Å². The first-order valence-electron chi connectivity index (χ1n) is 9.79. The van der Waals surface area contributed by atoms with Gasteiger partial charge in [0.2, 0.25) is 0 Å². The summed E-state index contributed by atoms with van der Waals surface area (Å²) in [6.45, 7) is 4.35. The lowest BCUT2D eigenvalue weighted by Crippen LogP contribution is -2.29. The van der Waals surface area contributed by atoms with Crippen molar-refractivity contribution in [2.75, 3.05) is 18.0 Å². The topological polar surface area (TPSA) is 62.5 Å². The Bertz CT molecular complexity index is 984. The van der Waals surface area contributed by atoms with Crippen LogP contribution in [0.15, 0.2) is 60.0 Å². The lowest BCUT2D eigenvalue weighted by molar-refractivity contribution is -0.121. The first kappa shape index (κ1) is 18.2. The summed E-state index contributed by atoms with van der Waals surface area (Å²) in [5.41, 5.74) is 7.52. The highest BCUT2D eigenvalue weighted by atomic mass is 16.2. The van der Waals surface area contributed by atoms with Crippen molar-refractivity contribution >= 4 is 28.3 Å². The van der Waals surface area contributed by atoms with Gasteiger partial charge in [-0.3, -0.25) is 4.79 Å². The second-order valence-corrected chi connectivity index (χ2v) is 7.19. The minimum absolute atomic E-state index is 0.174. The van der Waals surface area contributed by atoms with Gasteiger partial charge in [0.1, 0.15) is 6.54 Å². The number of imidazole rings is 1. The van der Waals surface area contributed by atoms with E-state index in [1.165, 1.54) is 24.9 Å². The normalized spacial score (nSPS) is 15.0. The summed E-state index contributed by atoms with van der Waals surface area (Å²) in [6.07, 6.45) is 5.54. The van der Waals surface area contributed by atoms with Crippen LogP contribution in [0.2, 0.25) is 0 Å². The van der Waals surface area contributed by atoms with Crippen LogP contribution in [0.4, 0.5) is 5.69 Å². The Morgan fingerprint density at radius 1 is 1.07 bits per heavy atom. The van der Waals surface area contributed by atoms with Crippen molar-refractivity contribution in [1.82, 2.24) is 15.0 Å². The molecule has 4 rings (SSSR count). The van der Waals surface area contributed by atoms with Crippen LogP contribution in [0.25, 0.3) is 11.0 Å². The Balaban J connectivity index is 1.37. The van der Waals surface area contributed by atoms with Crippen molar-refractivity contribution in [3.05, 3.63) is 60.4 Å². The first-order valence-corrected chi connectivity index (χ1v) is 9.79. The van der Waals surface area contributed by atoms with E-state index in [0.29, 0.717) is 0 Å². The van der Waals surface area contributed by atoms with Gasteiger partial charge in [-0.05, 0) is 56.0 Å². The van der Waals surface area contributed by atoms with Gasteiger partial charge in [0.05, 0.1) is 23.1 Å². The second-order valence-electron chi connectivity index (χ2n) is 7.19. The van der Waals surface area contributed by atoms with Crippen LogP contribution in [0, 0.1) is 0 Å². The average molecular weight is 375 g/mol. The van der Waals surface area contributed by atoms with Crippen LogP contribution < -0.4 is 10.3 Å². The number of nitrogens with zero attached hydrogens (tertiary/aromatic N) is 4. The number of para-hydroxylation sites is 2. The number of nitrogens with one attached hydrogen (secondary N) is 1. The van der Waals surface area contributed by atoms with Crippen LogP contribution in [-0.4, -0.2) is 34.3 Å². The maximum absolute atomic E-state index is 12.3. The molecule has 0 radical (unpaired) electrons. The highest BCUT2D eigenvalue weighted by molar-refractivity contribution is 5.99. The lowest BCUT2D eigenvalue weighted by Gasteiger charge is -2.28. The van der Waals surface area contributed by atoms with Gasteiger partial charge < -0.3 is 9.47 Å². The highest BCUT2D eigenvalue weighted by Crippen LogP contribution is 2.20. The fourth-order valence-corrected chi connectivity index (χ4v) is 3.60. The fourth-order valence-electron chi connectivity index (χ4n) is 3.60. The molecule has 144 valence electrons. The van der Waals surface area contributed by atoms with E-state index in [1.807, 2.05) is 35.8 Å². The Labute approximate surface area is 164 Å². The summed E-state index contributed by atoms with van der Waals surface area (Å²) >= 11 is 0. The maximum Gasteiger partial charge on any atom is 0.260 e. The number of hydrazone groups is 1. The third-order valence-electron chi connectivity index (χ3n) is 5.20. The van der Waals surface area contributed by atoms with Crippen LogP contribution in [0.3, 0.4) is 0 Å². The third-order valence-corrected chi connectivity index (χ3v) is 5.20. The molecule has 3 aromatic rings. The minimum Gasteiger partial charge on any atom is -0.372 e. The zero-order valence-electron chi connectivity index (χ0n) is 16.1. The van der Waals surface area contributed by atoms with Gasteiger partial charge in [0, 0.05) is 18.8 Å². The molecule has 2 heterocycles. The van der Waals surface area contributed by atoms with Crippen LogP contribution in [-0.2, 0) is 11.3 Å². The molecule has 0 saturated carbocycles. The van der Waals surface area contributed by atoms with E-state index in [0.717, 1.165) is 35.4 Å². The number of amides is 1. The van der Waals surface area contributed by atoms with Crippen molar-refractivity contribution in [2.24, 2.45) is 5.10 Å². The fraction of sp³-hybridized carbons (Fsp3) is 0.318. The minimum atomic E-state index is -0.174. The molecule has 0 spiro atoms. The number of aromatic nitrogens is 2. The number of rotatable bonds is 5. The molecule has 1 amide bonds. The van der Waals surface area contributed by atoms with Crippen LogP contribution in [0.1, 0.15) is 31.7 Å². The first-order chi connectivity index (χ1) is 13.7. The molecule has 1 N–H and O–H groups in total. The standard InChI is InChI=1S/C22H25N5O/c1-17(18-9-11-19(12-10-18)26-13-5-2-6-14-26)24-25-22(28)15-27-16-23-20-7-3-4-8-21(20)27/h3-4,7-12,16H,2,5-6,13-15H2,1H3,(H,25,28)/b24-17-. The largest absolute Gasteiger partial charge is 0.372 e. The third kappa shape index (κ3) is 4.06. The number of carbonyl (C=O) groups excluding carboxylic acids is 1. The molecule has 0 unspecified atom stereocenters. The smallest absolute Gasteiger partial charge is 0.260 e. The number of benzene rings is 2. The van der Waals surface area contributed by atoms with Gasteiger partial charge >= 0.3 is 0 Å². The molecule has 1 aliphatic rings. The molecule has 6 nitrogen and oxygen atoms in total. The molecule has 1 fully saturated rings. The molecule has 1 aliphatic heterocycles. The summed E-state index contributed by atoms with van der Waals surface area (Å²) < 4.78 is 1.82. The van der Waals surface area contributed by atoms with Gasteiger partial charge in [0.25, 0.3) is 5.91 Å². The van der Waals surface area contributed by atoms with Crippen molar-refractivity contribution in [3.8, 4) is 0 Å². The summed E-state index contributed by atoms with van der Waals surface area (Å²) in [7, 11) is 0. The van der Waals surface area contributed by atoms with Crippen molar-refractivity contribution < 1.29 is 4.79 Å². The van der Waals surface area contributed by atoms with E-state index >= 15 is 0 Å². The molecular weight excluding hydrogens is 350 g/mol. The summed E-state index contributed by atoms with van der Waals surface area (Å²) in [5, 5.41) is 4.27. The molecule has 1 saturated heterocycles. The molecule has 6 heteroatoms. The number of piperidine rings is 1. The van der Waals surface area contributed by atoms with Crippen LogP contribution >= 0.6 is 0 Å². The van der Waals surface area contributed by atoms with Crippen molar-refractivity contribution in [3.63, 3.8) is 0 Å². The zero-order chi connectivity index (χ0) is 19.3. The van der Waals surface area contributed by atoms with E-state index in [2.05, 4.69) is 44.7 Å². The zero-order valence-corrected chi connectivity index (χ0v) is 16.1. The Morgan fingerprint density at radius 3 is 2.61 bits per heavy atom. The molecule has 1 aromatic heterocycles. The molecule has 0 aliphatic carbocycles. The van der Waals surface area contributed by atoms with Gasteiger partial charge in [-0.2, -0.15) is 5.10 Å². The predicted octanol–water partition coefficient (Wildman–Crippen LogP) is 3.57. The molecule has 2 aromatic carbocycles. The number of hydrogen-bond donors (Lipinski definition) is 1. The van der Waals surface area contributed by atoms with Crippen molar-refractivity contribution in [1.29, 1.82) is 0 Å². The number of hydrogen-bond acceptors (Lipinski definition) is 4. The Morgan fingerprint density at radius 2 is 1.82 bits per heavy atom. The van der Waals surface area contributed by atoms with Gasteiger partial charge in [-0.25, -0.2) is 10.4 Å². The van der Waals surface area contributed by atoms with Crippen molar-refractivity contribution in [2.45, 2.75) is 32.7 Å². The highest BCUT2D eigenvalue weighted by Gasteiger charge is 2.11. The monoisotopic (exact) mass is 375 g/mol. The van der Waals surface area contributed by atoms with Gasteiger partial charge in [-0.15, -0.1) is 0 Å². The summed E-state index contributed by atoms with van der Waals surface area (Å²) in [6, 6.07) is 16.2. The SMILES string of the molecule is C/C(=N/NC(=O)Cn1cnc2ccccc21)c1ccc(N2CCCCC2)cc1. The number of fused-ring (bicyclic) bond motifs is 1. The van der Waals surface area contributed by atoms with Gasteiger partial charge in [0.15, 0.2) is 0 Å². The predicted molar refractivity (Wildman–Crippen MR) is 113 cm³/mol. The molecule has 28 heavy (non-hydrogen) atoms. The molecule has 0 atom stereocenters. The van der Waals surface area contributed by atoms with E-state index in [-0.39, 0.29) is 12.5 Å². The summed E-state index contributed by atoms with van der Waals surface area (Å²) in [5.74, 6) is -0.174. The van der Waals surface area contributed by atoms with E-state index in [1.54, 1.807) is 6.33 Å². The maximum atomic E-state index is 12.3. The van der Waals surface area contributed by atoms with E-state index < -0.39 is 0 Å². The quantitative estimate of drug-likeness (QED) is 0.548. The molecular formula is C22H25N5O. The Kier molecular flexibility index (Phi) is 5.37. The molecule has 0 bridgehead atoms. The Hall–Kier alpha value is -3.15. The second kappa shape index (κ2) is 8.25.